The Bertz CT molecular complexity index is 698. The normalized spacial score (nSPS) is 10.0. The Morgan fingerprint density at radius 1 is 0.905 bits per heavy atom. The molecule has 0 unspecified atom stereocenters. The van der Waals surface area contributed by atoms with Crippen LogP contribution in [0.4, 0.5) is 15.8 Å². The molecule has 2 rings (SSSR count). The highest BCUT2D eigenvalue weighted by Crippen LogP contribution is 2.15. The molecule has 2 aromatic carbocycles. The Morgan fingerprint density at radius 3 is 2.24 bits per heavy atom. The molecule has 0 aromatic heterocycles. The molecule has 108 valence electrons. The molecule has 0 saturated carbocycles. The van der Waals surface area contributed by atoms with Crippen LogP contribution in [0.2, 0.25) is 0 Å². The van der Waals surface area contributed by atoms with Crippen LogP contribution in [0.5, 0.6) is 0 Å². The van der Waals surface area contributed by atoms with Crippen LogP contribution in [0, 0.1) is 19.7 Å². The zero-order chi connectivity index (χ0) is 15.4. The van der Waals surface area contributed by atoms with Gasteiger partial charge in [-0.05, 0) is 49.2 Å². The lowest BCUT2D eigenvalue weighted by Crippen LogP contribution is -2.29. The van der Waals surface area contributed by atoms with Crippen molar-refractivity contribution in [3.05, 3.63) is 59.4 Å². The highest BCUT2D eigenvalue weighted by molar-refractivity contribution is 6.43. The predicted molar refractivity (Wildman–Crippen MR) is 79.6 cm³/mol. The van der Waals surface area contributed by atoms with Crippen molar-refractivity contribution in [2.45, 2.75) is 13.8 Å². The number of rotatable bonds is 2. The fourth-order valence-electron chi connectivity index (χ4n) is 1.75. The monoisotopic (exact) mass is 286 g/mol. The number of amides is 2. The third kappa shape index (κ3) is 3.66. The number of para-hydroxylation sites is 1. The maximum absolute atomic E-state index is 13.4. The van der Waals surface area contributed by atoms with E-state index in [0.717, 1.165) is 11.1 Å². The molecule has 0 spiro atoms. The van der Waals surface area contributed by atoms with E-state index in [2.05, 4.69) is 10.6 Å². The van der Waals surface area contributed by atoms with E-state index in [-0.39, 0.29) is 5.69 Å². The molecule has 0 fully saturated rings. The number of benzene rings is 2. The molecule has 0 radical (unpaired) electrons. The molecule has 0 aliphatic heterocycles. The summed E-state index contributed by atoms with van der Waals surface area (Å²) in [5, 5.41) is 4.71. The highest BCUT2D eigenvalue weighted by atomic mass is 19.1. The minimum atomic E-state index is -0.918. The number of carbonyl (C=O) groups is 2. The van der Waals surface area contributed by atoms with E-state index in [1.54, 1.807) is 18.2 Å². The first-order valence-electron chi connectivity index (χ1n) is 6.41. The fourth-order valence-corrected chi connectivity index (χ4v) is 1.75. The lowest BCUT2D eigenvalue weighted by Gasteiger charge is -2.08. The van der Waals surface area contributed by atoms with Crippen molar-refractivity contribution in [3.8, 4) is 0 Å². The molecule has 4 nitrogen and oxygen atoms in total. The third-order valence-corrected chi connectivity index (χ3v) is 3.09. The first-order chi connectivity index (χ1) is 9.97. The summed E-state index contributed by atoms with van der Waals surface area (Å²) < 4.78 is 13.4. The van der Waals surface area contributed by atoms with Gasteiger partial charge in [-0.1, -0.05) is 18.2 Å². The predicted octanol–water partition coefficient (Wildman–Crippen LogP) is 3.02. The number of hydrogen-bond donors (Lipinski definition) is 2. The summed E-state index contributed by atoms with van der Waals surface area (Å²) in [5.74, 6) is -2.36. The van der Waals surface area contributed by atoms with Crippen molar-refractivity contribution in [1.29, 1.82) is 0 Å². The molecule has 2 amide bonds. The van der Waals surface area contributed by atoms with Crippen molar-refractivity contribution in [1.82, 2.24) is 0 Å². The molecule has 0 atom stereocenters. The van der Waals surface area contributed by atoms with E-state index < -0.39 is 17.6 Å². The first kappa shape index (κ1) is 14.7. The average Bonchev–Trinajstić information content (AvgIpc) is 2.45. The van der Waals surface area contributed by atoms with Crippen LogP contribution in [0.15, 0.2) is 42.5 Å². The van der Waals surface area contributed by atoms with Gasteiger partial charge in [0.15, 0.2) is 0 Å². The molecule has 5 heteroatoms. The molecule has 0 heterocycles. The van der Waals surface area contributed by atoms with Crippen LogP contribution < -0.4 is 10.6 Å². The van der Waals surface area contributed by atoms with Gasteiger partial charge in [-0.25, -0.2) is 4.39 Å². The zero-order valence-corrected chi connectivity index (χ0v) is 11.7. The number of carbonyl (C=O) groups excluding carboxylic acids is 2. The summed E-state index contributed by atoms with van der Waals surface area (Å²) in [6.07, 6.45) is 0. The van der Waals surface area contributed by atoms with Crippen LogP contribution >= 0.6 is 0 Å². The van der Waals surface area contributed by atoms with Crippen molar-refractivity contribution in [3.63, 3.8) is 0 Å². The second-order valence-electron chi connectivity index (χ2n) is 4.69. The van der Waals surface area contributed by atoms with E-state index in [1.165, 1.54) is 18.2 Å². The molecule has 0 saturated heterocycles. The number of anilines is 2. The Labute approximate surface area is 122 Å². The maximum Gasteiger partial charge on any atom is 0.314 e. The Kier molecular flexibility index (Phi) is 4.33. The van der Waals surface area contributed by atoms with Gasteiger partial charge in [0.25, 0.3) is 0 Å². The van der Waals surface area contributed by atoms with Crippen LogP contribution in [-0.4, -0.2) is 11.8 Å². The van der Waals surface area contributed by atoms with E-state index in [0.29, 0.717) is 5.69 Å². The number of hydrogen-bond acceptors (Lipinski definition) is 2. The smallest absolute Gasteiger partial charge is 0.314 e. The van der Waals surface area contributed by atoms with Crippen LogP contribution in [0.1, 0.15) is 11.1 Å². The molecule has 2 N–H and O–H groups in total. The summed E-state index contributed by atoms with van der Waals surface area (Å²) in [5.41, 5.74) is 2.58. The van der Waals surface area contributed by atoms with Gasteiger partial charge < -0.3 is 10.6 Å². The van der Waals surface area contributed by atoms with Gasteiger partial charge in [-0.15, -0.1) is 0 Å². The Hall–Kier alpha value is -2.69. The van der Waals surface area contributed by atoms with E-state index >= 15 is 0 Å². The van der Waals surface area contributed by atoms with E-state index in [4.69, 9.17) is 0 Å². The third-order valence-electron chi connectivity index (χ3n) is 3.09. The molecular formula is C16H15FN2O2. The highest BCUT2D eigenvalue weighted by Gasteiger charge is 2.15. The second kappa shape index (κ2) is 6.17. The lowest BCUT2D eigenvalue weighted by molar-refractivity contribution is -0.133. The molecule has 0 bridgehead atoms. The van der Waals surface area contributed by atoms with Gasteiger partial charge in [0.05, 0.1) is 5.69 Å². The molecule has 0 aliphatic rings. The second-order valence-corrected chi connectivity index (χ2v) is 4.69. The van der Waals surface area contributed by atoms with Crippen LogP contribution in [0.3, 0.4) is 0 Å². The first-order valence-corrected chi connectivity index (χ1v) is 6.41. The summed E-state index contributed by atoms with van der Waals surface area (Å²) in [4.78, 5) is 23.5. The summed E-state index contributed by atoms with van der Waals surface area (Å²) >= 11 is 0. The summed E-state index contributed by atoms with van der Waals surface area (Å²) in [6, 6.07) is 11.0. The molecule has 0 aliphatic carbocycles. The summed E-state index contributed by atoms with van der Waals surface area (Å²) in [6.45, 7) is 3.86. The van der Waals surface area contributed by atoms with Gasteiger partial charge >= 0.3 is 11.8 Å². The topological polar surface area (TPSA) is 58.2 Å². The minimum Gasteiger partial charge on any atom is -0.318 e. The maximum atomic E-state index is 13.4. The standard InChI is InChI=1S/C16H15FN2O2/c1-10-7-8-12(9-11(10)2)18-15(20)16(21)19-14-6-4-3-5-13(14)17/h3-9H,1-2H3,(H,18,20)(H,19,21). The zero-order valence-electron chi connectivity index (χ0n) is 11.7. The van der Waals surface area contributed by atoms with Crippen molar-refractivity contribution < 1.29 is 14.0 Å². The molecule has 2 aromatic rings. The fraction of sp³-hybridized carbons (Fsp3) is 0.125. The van der Waals surface area contributed by atoms with Crippen molar-refractivity contribution in [2.24, 2.45) is 0 Å². The van der Waals surface area contributed by atoms with Gasteiger partial charge in [0.1, 0.15) is 5.82 Å². The number of nitrogens with one attached hydrogen (secondary N) is 2. The van der Waals surface area contributed by atoms with Gasteiger partial charge in [0, 0.05) is 5.69 Å². The number of aryl methyl sites for hydroxylation is 2. The van der Waals surface area contributed by atoms with Gasteiger partial charge in [-0.3, -0.25) is 9.59 Å². The van der Waals surface area contributed by atoms with Crippen LogP contribution in [-0.2, 0) is 9.59 Å². The number of halogens is 1. The molecule has 21 heavy (non-hydrogen) atoms. The lowest BCUT2D eigenvalue weighted by atomic mass is 10.1. The van der Waals surface area contributed by atoms with E-state index in [9.17, 15) is 14.0 Å². The van der Waals surface area contributed by atoms with Crippen molar-refractivity contribution in [2.75, 3.05) is 10.6 Å². The van der Waals surface area contributed by atoms with E-state index in [1.807, 2.05) is 19.9 Å². The quantitative estimate of drug-likeness (QED) is 0.834. The Morgan fingerprint density at radius 2 is 1.57 bits per heavy atom. The summed E-state index contributed by atoms with van der Waals surface area (Å²) in [7, 11) is 0. The largest absolute Gasteiger partial charge is 0.318 e. The average molecular weight is 286 g/mol. The van der Waals surface area contributed by atoms with Crippen LogP contribution in [0.25, 0.3) is 0 Å². The van der Waals surface area contributed by atoms with Gasteiger partial charge in [-0.2, -0.15) is 0 Å². The SMILES string of the molecule is Cc1ccc(NC(=O)C(=O)Nc2ccccc2F)cc1C. The van der Waals surface area contributed by atoms with Crippen molar-refractivity contribution >= 4 is 23.2 Å². The Balaban J connectivity index is 2.04. The van der Waals surface area contributed by atoms with Gasteiger partial charge in [0.2, 0.25) is 0 Å². The minimum absolute atomic E-state index is 0.0299. The molecular weight excluding hydrogens is 271 g/mol.